The zero-order valence-corrected chi connectivity index (χ0v) is 13.2. The molecule has 0 spiro atoms. The Morgan fingerprint density at radius 2 is 2.00 bits per heavy atom. The molecule has 1 aromatic rings. The minimum Gasteiger partial charge on any atom is -0.389 e. The zero-order valence-electron chi connectivity index (χ0n) is 11.6. The average molecular weight is 327 g/mol. The average Bonchev–Trinajstić information content (AvgIpc) is 2.87. The zero-order chi connectivity index (χ0) is 15.6. The molecule has 0 aromatic heterocycles. The molecule has 0 aliphatic carbocycles. The summed E-state index contributed by atoms with van der Waals surface area (Å²) < 4.78 is 26.4. The Morgan fingerprint density at radius 3 is 2.52 bits per heavy atom. The van der Waals surface area contributed by atoms with Crippen molar-refractivity contribution in [3.05, 3.63) is 29.8 Å². The van der Waals surface area contributed by atoms with Gasteiger partial charge in [0.1, 0.15) is 4.99 Å². The van der Waals surface area contributed by atoms with Crippen molar-refractivity contribution in [3.8, 4) is 0 Å². The number of sulfonamides is 1. The summed E-state index contributed by atoms with van der Waals surface area (Å²) in [6.07, 6.45) is 0.615. The van der Waals surface area contributed by atoms with Crippen molar-refractivity contribution >= 4 is 33.1 Å². The Labute approximate surface area is 129 Å². The van der Waals surface area contributed by atoms with Crippen molar-refractivity contribution in [2.24, 2.45) is 5.73 Å². The van der Waals surface area contributed by atoms with Crippen molar-refractivity contribution in [1.29, 1.82) is 0 Å². The van der Waals surface area contributed by atoms with Crippen LogP contribution in [0.2, 0.25) is 0 Å². The molecule has 3 N–H and O–H groups in total. The van der Waals surface area contributed by atoms with Gasteiger partial charge >= 0.3 is 0 Å². The second-order valence-electron chi connectivity index (χ2n) is 4.94. The van der Waals surface area contributed by atoms with Crippen LogP contribution in [-0.4, -0.2) is 42.8 Å². The van der Waals surface area contributed by atoms with Crippen molar-refractivity contribution < 1.29 is 13.2 Å². The largest absolute Gasteiger partial charge is 0.389 e. The van der Waals surface area contributed by atoms with Crippen LogP contribution in [0, 0.1) is 0 Å². The molecule has 1 aliphatic heterocycles. The highest BCUT2D eigenvalue weighted by atomic mass is 32.2. The minimum atomic E-state index is -3.55. The van der Waals surface area contributed by atoms with Crippen molar-refractivity contribution in [1.82, 2.24) is 9.62 Å². The molecule has 1 fully saturated rings. The molecule has 1 unspecified atom stereocenters. The van der Waals surface area contributed by atoms with Gasteiger partial charge in [0.05, 0.1) is 4.90 Å². The Kier molecular flexibility index (Phi) is 4.60. The molecule has 1 aliphatic rings. The number of nitrogens with two attached hydrogens (primary N) is 1. The van der Waals surface area contributed by atoms with E-state index >= 15 is 0 Å². The van der Waals surface area contributed by atoms with Gasteiger partial charge in [0.15, 0.2) is 0 Å². The Hall–Kier alpha value is -1.51. The Balaban J connectivity index is 2.15. The number of carbonyl (C=O) groups excluding carboxylic acids is 1. The number of rotatable bonds is 4. The van der Waals surface area contributed by atoms with Crippen LogP contribution in [0.5, 0.6) is 0 Å². The molecule has 1 amide bonds. The number of amides is 1. The summed E-state index contributed by atoms with van der Waals surface area (Å²) >= 11 is 4.84. The van der Waals surface area contributed by atoms with E-state index in [0.717, 1.165) is 0 Å². The number of carbonyl (C=O) groups is 1. The van der Waals surface area contributed by atoms with E-state index in [9.17, 15) is 13.2 Å². The fourth-order valence-electron chi connectivity index (χ4n) is 2.29. The molecular formula is C13H17N3O3S2. The van der Waals surface area contributed by atoms with Crippen LogP contribution >= 0.6 is 12.2 Å². The van der Waals surface area contributed by atoms with Gasteiger partial charge in [-0.05, 0) is 18.6 Å². The smallest absolute Gasteiger partial charge is 0.243 e. The van der Waals surface area contributed by atoms with Gasteiger partial charge in [0.25, 0.3) is 0 Å². The highest BCUT2D eigenvalue weighted by Crippen LogP contribution is 2.21. The normalized spacial score (nSPS) is 19.4. The highest BCUT2D eigenvalue weighted by Gasteiger charge is 2.32. The lowest BCUT2D eigenvalue weighted by molar-refractivity contribution is -0.119. The van der Waals surface area contributed by atoms with E-state index < -0.39 is 10.0 Å². The molecule has 1 heterocycles. The van der Waals surface area contributed by atoms with E-state index in [4.69, 9.17) is 18.0 Å². The number of thiocarbonyl (C=S) groups is 1. The highest BCUT2D eigenvalue weighted by molar-refractivity contribution is 7.89. The number of hydrogen-bond acceptors (Lipinski definition) is 4. The van der Waals surface area contributed by atoms with Crippen molar-refractivity contribution in [2.45, 2.75) is 24.3 Å². The molecule has 0 saturated carbocycles. The van der Waals surface area contributed by atoms with Crippen LogP contribution in [0.25, 0.3) is 0 Å². The lowest BCUT2D eigenvalue weighted by Gasteiger charge is -2.17. The molecule has 21 heavy (non-hydrogen) atoms. The summed E-state index contributed by atoms with van der Waals surface area (Å²) in [5, 5.41) is 2.74. The second kappa shape index (κ2) is 6.08. The predicted octanol–water partition coefficient (Wildman–Crippen LogP) is 0.220. The molecule has 2 rings (SSSR count). The maximum absolute atomic E-state index is 12.5. The molecule has 0 bridgehead atoms. The van der Waals surface area contributed by atoms with E-state index in [1.807, 2.05) is 0 Å². The summed E-state index contributed by atoms with van der Waals surface area (Å²) in [6, 6.07) is 6.05. The van der Waals surface area contributed by atoms with Gasteiger partial charge in [-0.2, -0.15) is 4.31 Å². The number of benzene rings is 1. The summed E-state index contributed by atoms with van der Waals surface area (Å²) in [5.41, 5.74) is 6.12. The molecule has 1 saturated heterocycles. The van der Waals surface area contributed by atoms with E-state index in [2.05, 4.69) is 5.32 Å². The summed E-state index contributed by atoms with van der Waals surface area (Å²) in [4.78, 5) is 11.5. The summed E-state index contributed by atoms with van der Waals surface area (Å²) in [6.45, 7) is 2.11. The van der Waals surface area contributed by atoms with E-state index in [-0.39, 0.29) is 21.8 Å². The standard InChI is InChI=1S/C13H17N3O3S2/c1-9(17)15-11-6-7-16(8-11)21(18,19)12-4-2-10(3-5-12)13(14)20/h2-5,11H,6-8H2,1H3,(H2,14,20)(H,15,17). The first-order chi connectivity index (χ1) is 9.80. The Bertz CT molecular complexity index is 656. The number of hydrogen-bond donors (Lipinski definition) is 2. The number of nitrogens with zero attached hydrogens (tertiary/aromatic N) is 1. The molecule has 8 heteroatoms. The van der Waals surface area contributed by atoms with Crippen LogP contribution in [0.1, 0.15) is 18.9 Å². The third-order valence-electron chi connectivity index (χ3n) is 3.33. The molecule has 0 radical (unpaired) electrons. The lowest BCUT2D eigenvalue weighted by Crippen LogP contribution is -2.37. The van der Waals surface area contributed by atoms with Crippen molar-refractivity contribution in [2.75, 3.05) is 13.1 Å². The van der Waals surface area contributed by atoms with Gasteiger partial charge in [-0.15, -0.1) is 0 Å². The first-order valence-corrected chi connectivity index (χ1v) is 8.32. The monoisotopic (exact) mass is 327 g/mol. The van der Waals surface area contributed by atoms with Crippen molar-refractivity contribution in [3.63, 3.8) is 0 Å². The molecule has 1 atom stereocenters. The third kappa shape index (κ3) is 3.58. The van der Waals surface area contributed by atoms with Gasteiger partial charge in [-0.25, -0.2) is 8.42 Å². The van der Waals surface area contributed by atoms with E-state index in [1.54, 1.807) is 12.1 Å². The fraction of sp³-hybridized carbons (Fsp3) is 0.385. The summed E-state index contributed by atoms with van der Waals surface area (Å²) in [5.74, 6) is -0.153. The van der Waals surface area contributed by atoms with Crippen LogP contribution in [0.3, 0.4) is 0 Å². The molecule has 6 nitrogen and oxygen atoms in total. The van der Waals surface area contributed by atoms with Gasteiger partial charge in [0.2, 0.25) is 15.9 Å². The Morgan fingerprint density at radius 1 is 1.38 bits per heavy atom. The van der Waals surface area contributed by atoms with Gasteiger partial charge in [-0.3, -0.25) is 4.79 Å². The van der Waals surface area contributed by atoms with Gasteiger partial charge in [-0.1, -0.05) is 24.4 Å². The topological polar surface area (TPSA) is 92.5 Å². The first-order valence-electron chi connectivity index (χ1n) is 6.48. The molecule has 114 valence electrons. The second-order valence-corrected chi connectivity index (χ2v) is 7.32. The molecule has 1 aromatic carbocycles. The summed E-state index contributed by atoms with van der Waals surface area (Å²) in [7, 11) is -3.55. The third-order valence-corrected chi connectivity index (χ3v) is 5.45. The van der Waals surface area contributed by atoms with Crippen LogP contribution in [-0.2, 0) is 14.8 Å². The van der Waals surface area contributed by atoms with Gasteiger partial charge < -0.3 is 11.1 Å². The minimum absolute atomic E-state index is 0.131. The van der Waals surface area contributed by atoms with Gasteiger partial charge in [0, 0.05) is 31.6 Å². The predicted molar refractivity (Wildman–Crippen MR) is 83.3 cm³/mol. The van der Waals surface area contributed by atoms with Crippen LogP contribution < -0.4 is 11.1 Å². The van der Waals surface area contributed by atoms with Crippen LogP contribution in [0.15, 0.2) is 29.2 Å². The maximum Gasteiger partial charge on any atom is 0.243 e. The van der Waals surface area contributed by atoms with E-state index in [0.29, 0.717) is 25.1 Å². The molecular weight excluding hydrogens is 310 g/mol. The maximum atomic E-state index is 12.5. The SMILES string of the molecule is CC(=O)NC1CCN(S(=O)(=O)c2ccc(C(N)=S)cc2)C1. The van der Waals surface area contributed by atoms with Crippen LogP contribution in [0.4, 0.5) is 0 Å². The fourth-order valence-corrected chi connectivity index (χ4v) is 3.93. The van der Waals surface area contributed by atoms with E-state index in [1.165, 1.54) is 23.4 Å². The lowest BCUT2D eigenvalue weighted by atomic mass is 10.2. The quantitative estimate of drug-likeness (QED) is 0.772. The first kappa shape index (κ1) is 15.9. The number of nitrogens with one attached hydrogen (secondary N) is 1.